The van der Waals surface area contributed by atoms with Gasteiger partial charge in [-0.05, 0) is 50.6 Å². The molecule has 24 heavy (non-hydrogen) atoms. The number of ether oxygens (including phenoxy) is 2. The minimum Gasteiger partial charge on any atom is -0.490 e. The summed E-state index contributed by atoms with van der Waals surface area (Å²) in [6, 6.07) is 10.1. The first-order valence-electron chi connectivity index (χ1n) is 7.56. The second-order valence-electron chi connectivity index (χ2n) is 5.04. The minimum absolute atomic E-state index is 0.226. The smallest absolute Gasteiger partial charge is 0.262 e. The van der Waals surface area contributed by atoms with Gasteiger partial charge in [0.25, 0.3) is 10.0 Å². The first-order valence-corrected chi connectivity index (χ1v) is 9.83. The van der Waals surface area contributed by atoms with Gasteiger partial charge in [0, 0.05) is 10.5 Å². The van der Waals surface area contributed by atoms with Crippen LogP contribution in [0.1, 0.15) is 19.4 Å². The van der Waals surface area contributed by atoms with Gasteiger partial charge in [-0.2, -0.15) is 0 Å². The maximum atomic E-state index is 12.7. The summed E-state index contributed by atoms with van der Waals surface area (Å²) in [5, 5.41) is 0. The lowest BCUT2D eigenvalue weighted by Gasteiger charge is -2.14. The van der Waals surface area contributed by atoms with E-state index < -0.39 is 10.0 Å². The second-order valence-corrected chi connectivity index (χ2v) is 7.61. The van der Waals surface area contributed by atoms with Crippen LogP contribution in [0.5, 0.6) is 11.5 Å². The molecule has 130 valence electrons. The summed E-state index contributed by atoms with van der Waals surface area (Å²) in [6.07, 6.45) is 0. The molecule has 0 unspecified atom stereocenters. The van der Waals surface area contributed by atoms with Crippen molar-refractivity contribution in [1.82, 2.24) is 0 Å². The number of halogens is 1. The summed E-state index contributed by atoms with van der Waals surface area (Å²) in [6.45, 7) is 6.45. The van der Waals surface area contributed by atoms with Gasteiger partial charge in [-0.3, -0.25) is 4.72 Å². The molecule has 0 aromatic heterocycles. The van der Waals surface area contributed by atoms with E-state index in [4.69, 9.17) is 9.47 Å². The monoisotopic (exact) mass is 413 g/mol. The van der Waals surface area contributed by atoms with E-state index in [2.05, 4.69) is 20.7 Å². The topological polar surface area (TPSA) is 64.6 Å². The molecule has 0 aliphatic heterocycles. The molecule has 0 radical (unpaired) electrons. The van der Waals surface area contributed by atoms with Gasteiger partial charge in [0.2, 0.25) is 0 Å². The quantitative estimate of drug-likeness (QED) is 0.732. The van der Waals surface area contributed by atoms with Crippen molar-refractivity contribution in [2.45, 2.75) is 25.7 Å². The van der Waals surface area contributed by atoms with Crippen LogP contribution in [0.25, 0.3) is 0 Å². The Balaban J connectivity index is 2.35. The maximum Gasteiger partial charge on any atom is 0.262 e. The van der Waals surface area contributed by atoms with Gasteiger partial charge in [0.1, 0.15) is 0 Å². The maximum absolute atomic E-state index is 12.7. The van der Waals surface area contributed by atoms with Crippen LogP contribution in [-0.4, -0.2) is 21.6 Å². The van der Waals surface area contributed by atoms with Crippen molar-refractivity contribution in [3.05, 3.63) is 46.4 Å². The predicted octanol–water partition coefficient (Wildman–Crippen LogP) is 4.36. The molecule has 2 aromatic rings. The number of anilines is 1. The fraction of sp³-hybridized carbons (Fsp3) is 0.294. The predicted molar refractivity (Wildman–Crippen MR) is 98.5 cm³/mol. The van der Waals surface area contributed by atoms with Crippen LogP contribution in [0.15, 0.2) is 45.8 Å². The summed E-state index contributed by atoms with van der Waals surface area (Å²) < 4.78 is 39.6. The second kappa shape index (κ2) is 7.90. The van der Waals surface area contributed by atoms with Crippen molar-refractivity contribution in [3.63, 3.8) is 0 Å². The molecule has 0 aliphatic rings. The van der Waals surface area contributed by atoms with Gasteiger partial charge in [-0.15, -0.1) is 0 Å². The van der Waals surface area contributed by atoms with E-state index >= 15 is 0 Å². The number of rotatable bonds is 7. The highest BCUT2D eigenvalue weighted by Gasteiger charge is 2.18. The fourth-order valence-electron chi connectivity index (χ4n) is 2.19. The lowest BCUT2D eigenvalue weighted by Crippen LogP contribution is -2.14. The molecule has 2 rings (SSSR count). The average Bonchev–Trinajstić information content (AvgIpc) is 2.52. The number of aryl methyl sites for hydroxylation is 1. The zero-order chi connectivity index (χ0) is 17.7. The van der Waals surface area contributed by atoms with Crippen molar-refractivity contribution in [1.29, 1.82) is 0 Å². The standard InChI is InChI=1S/C17H20BrNO4S/c1-4-22-15-9-8-14(11-16(15)23-5-2)19-24(20,21)17-10-13(18)7-6-12(17)3/h6-11,19H,4-5H2,1-3H3. The molecule has 1 N–H and O–H groups in total. The summed E-state index contributed by atoms with van der Waals surface area (Å²) in [5.74, 6) is 1.09. The van der Waals surface area contributed by atoms with Crippen molar-refractivity contribution < 1.29 is 17.9 Å². The summed E-state index contributed by atoms with van der Waals surface area (Å²) in [4.78, 5) is 0.226. The Morgan fingerprint density at radius 1 is 1.00 bits per heavy atom. The van der Waals surface area contributed by atoms with E-state index in [0.717, 1.165) is 0 Å². The van der Waals surface area contributed by atoms with Crippen LogP contribution in [0.2, 0.25) is 0 Å². The highest BCUT2D eigenvalue weighted by Crippen LogP contribution is 2.32. The number of hydrogen-bond acceptors (Lipinski definition) is 4. The van der Waals surface area contributed by atoms with Crippen LogP contribution in [-0.2, 0) is 10.0 Å². The van der Waals surface area contributed by atoms with Gasteiger partial charge in [0.15, 0.2) is 11.5 Å². The van der Waals surface area contributed by atoms with Gasteiger partial charge < -0.3 is 9.47 Å². The molecule has 0 bridgehead atoms. The van der Waals surface area contributed by atoms with E-state index in [1.165, 1.54) is 0 Å². The van der Waals surface area contributed by atoms with E-state index in [0.29, 0.717) is 40.4 Å². The fourth-order valence-corrected chi connectivity index (χ4v) is 4.02. The van der Waals surface area contributed by atoms with Crippen LogP contribution < -0.4 is 14.2 Å². The zero-order valence-corrected chi connectivity index (χ0v) is 16.2. The minimum atomic E-state index is -3.70. The van der Waals surface area contributed by atoms with Crippen LogP contribution in [0, 0.1) is 6.92 Å². The van der Waals surface area contributed by atoms with E-state index in [-0.39, 0.29) is 4.90 Å². The molecule has 0 aliphatic carbocycles. The number of hydrogen-bond donors (Lipinski definition) is 1. The molecule has 5 nitrogen and oxygen atoms in total. The van der Waals surface area contributed by atoms with Crippen molar-refractivity contribution >= 4 is 31.6 Å². The molecular formula is C17H20BrNO4S. The Kier molecular flexibility index (Phi) is 6.12. The Hall–Kier alpha value is -1.73. The summed E-state index contributed by atoms with van der Waals surface area (Å²) in [5.41, 5.74) is 1.09. The average molecular weight is 414 g/mol. The third-order valence-corrected chi connectivity index (χ3v) is 5.25. The number of nitrogens with one attached hydrogen (secondary N) is 1. The van der Waals surface area contributed by atoms with Crippen LogP contribution in [0.3, 0.4) is 0 Å². The van der Waals surface area contributed by atoms with E-state index in [1.54, 1.807) is 43.3 Å². The Morgan fingerprint density at radius 2 is 1.67 bits per heavy atom. The molecule has 0 atom stereocenters. The van der Waals surface area contributed by atoms with Gasteiger partial charge in [-0.25, -0.2) is 8.42 Å². The van der Waals surface area contributed by atoms with E-state index in [9.17, 15) is 8.42 Å². The first kappa shape index (κ1) is 18.6. The number of sulfonamides is 1. The van der Waals surface area contributed by atoms with Crippen molar-refractivity contribution in [3.8, 4) is 11.5 Å². The lowest BCUT2D eigenvalue weighted by molar-refractivity contribution is 0.288. The zero-order valence-electron chi connectivity index (χ0n) is 13.8. The van der Waals surface area contributed by atoms with Gasteiger partial charge in [-0.1, -0.05) is 22.0 Å². The molecule has 0 amide bonds. The third kappa shape index (κ3) is 4.42. The molecule has 0 saturated heterocycles. The van der Waals surface area contributed by atoms with Crippen LogP contribution >= 0.6 is 15.9 Å². The normalized spacial score (nSPS) is 11.2. The largest absolute Gasteiger partial charge is 0.490 e. The molecule has 0 spiro atoms. The number of benzene rings is 2. The van der Waals surface area contributed by atoms with Gasteiger partial charge >= 0.3 is 0 Å². The Labute approximate surface area is 151 Å². The molecule has 0 fully saturated rings. The summed E-state index contributed by atoms with van der Waals surface area (Å²) in [7, 11) is -3.70. The molecule has 0 saturated carbocycles. The Morgan fingerprint density at radius 3 is 2.33 bits per heavy atom. The van der Waals surface area contributed by atoms with Crippen molar-refractivity contribution in [2.24, 2.45) is 0 Å². The highest BCUT2D eigenvalue weighted by molar-refractivity contribution is 9.10. The molecule has 0 heterocycles. The van der Waals surface area contributed by atoms with Crippen LogP contribution in [0.4, 0.5) is 5.69 Å². The Bertz CT molecular complexity index is 821. The SMILES string of the molecule is CCOc1ccc(NS(=O)(=O)c2cc(Br)ccc2C)cc1OCC. The van der Waals surface area contributed by atoms with E-state index in [1.807, 2.05) is 13.8 Å². The van der Waals surface area contributed by atoms with Gasteiger partial charge in [0.05, 0.1) is 23.8 Å². The molecule has 7 heteroatoms. The lowest BCUT2D eigenvalue weighted by atomic mass is 10.2. The summed E-state index contributed by atoms with van der Waals surface area (Å²) >= 11 is 3.30. The highest BCUT2D eigenvalue weighted by atomic mass is 79.9. The first-order chi connectivity index (χ1) is 11.4. The third-order valence-electron chi connectivity index (χ3n) is 3.24. The molecular weight excluding hydrogens is 394 g/mol. The van der Waals surface area contributed by atoms with Crippen molar-refractivity contribution in [2.75, 3.05) is 17.9 Å². The molecule has 2 aromatic carbocycles.